The number of rotatable bonds is 10. The molecule has 8 nitrogen and oxygen atoms in total. The summed E-state index contributed by atoms with van der Waals surface area (Å²) in [6.07, 6.45) is 4.28. The van der Waals surface area contributed by atoms with Gasteiger partial charge in [0.1, 0.15) is 11.6 Å². The maximum absolute atomic E-state index is 13.5. The van der Waals surface area contributed by atoms with Crippen molar-refractivity contribution in [1.29, 1.82) is 0 Å². The summed E-state index contributed by atoms with van der Waals surface area (Å²) in [6.45, 7) is 0.324. The molecule has 0 spiro atoms. The van der Waals surface area contributed by atoms with Gasteiger partial charge in [-0.05, 0) is 48.0 Å². The third kappa shape index (κ3) is 7.13. The molecule has 2 aromatic carbocycles. The Hall–Kier alpha value is -3.76. The van der Waals surface area contributed by atoms with Gasteiger partial charge in [-0.15, -0.1) is 0 Å². The minimum Gasteiger partial charge on any atom is -0.468 e. The number of sulfonamides is 1. The van der Waals surface area contributed by atoms with E-state index in [0.29, 0.717) is 11.3 Å². The van der Waals surface area contributed by atoms with E-state index >= 15 is 0 Å². The molecule has 0 fully saturated rings. The maximum atomic E-state index is 13.5. The third-order valence-corrected chi connectivity index (χ3v) is 5.88. The summed E-state index contributed by atoms with van der Waals surface area (Å²) < 4.78 is 45.7. The predicted molar refractivity (Wildman–Crippen MR) is 120 cm³/mol. The zero-order chi connectivity index (χ0) is 23.7. The van der Waals surface area contributed by atoms with Gasteiger partial charge in [-0.1, -0.05) is 24.3 Å². The van der Waals surface area contributed by atoms with E-state index in [2.05, 4.69) is 15.4 Å². The van der Waals surface area contributed by atoms with E-state index in [1.54, 1.807) is 30.3 Å². The van der Waals surface area contributed by atoms with Crippen molar-refractivity contribution in [2.45, 2.75) is 11.4 Å². The van der Waals surface area contributed by atoms with Gasteiger partial charge in [0.15, 0.2) is 0 Å². The highest BCUT2D eigenvalue weighted by atomic mass is 32.2. The van der Waals surface area contributed by atoms with Crippen LogP contribution in [0.3, 0.4) is 0 Å². The van der Waals surface area contributed by atoms with Crippen LogP contribution in [0.4, 0.5) is 4.39 Å². The van der Waals surface area contributed by atoms with Crippen molar-refractivity contribution in [3.63, 3.8) is 0 Å². The van der Waals surface area contributed by atoms with E-state index in [1.807, 2.05) is 0 Å². The van der Waals surface area contributed by atoms with Crippen molar-refractivity contribution in [1.82, 2.24) is 15.4 Å². The first-order chi connectivity index (χ1) is 15.8. The Balaban J connectivity index is 1.43. The van der Waals surface area contributed by atoms with Gasteiger partial charge in [0.2, 0.25) is 15.9 Å². The second-order valence-corrected chi connectivity index (χ2v) is 8.60. The minimum atomic E-state index is -3.70. The second-order valence-electron chi connectivity index (χ2n) is 6.83. The molecule has 0 saturated carbocycles. The standard InChI is InChI=1S/C23H22FN3O5S/c24-21-6-2-1-5-20(21)23(29)26-14-13-25-22(28)12-9-17-7-10-19(11-8-17)33(30,31)27-16-18-4-3-15-32-18/h1-12,15,27H,13-14,16H2,(H,25,28)(H,26,29)/b12-9+. The Morgan fingerprint density at radius 2 is 1.67 bits per heavy atom. The van der Waals surface area contributed by atoms with Gasteiger partial charge >= 0.3 is 0 Å². The fourth-order valence-electron chi connectivity index (χ4n) is 2.75. The summed E-state index contributed by atoms with van der Waals surface area (Å²) in [5.74, 6) is -1.08. The molecule has 3 N–H and O–H groups in total. The fraction of sp³-hybridized carbons (Fsp3) is 0.130. The number of carbonyl (C=O) groups is 2. The Bertz CT molecular complexity index is 1220. The van der Waals surface area contributed by atoms with Crippen LogP contribution in [0.25, 0.3) is 6.08 Å². The molecule has 0 aliphatic carbocycles. The van der Waals surface area contributed by atoms with Crippen LogP contribution in [0.15, 0.2) is 82.3 Å². The molecule has 0 aliphatic heterocycles. The molecule has 172 valence electrons. The van der Waals surface area contributed by atoms with Crippen molar-refractivity contribution in [3.8, 4) is 0 Å². The molecular formula is C23H22FN3O5S. The van der Waals surface area contributed by atoms with Crippen LogP contribution in [-0.4, -0.2) is 33.3 Å². The van der Waals surface area contributed by atoms with Gasteiger partial charge < -0.3 is 15.1 Å². The minimum absolute atomic E-state index is 0.0396. The predicted octanol–water partition coefficient (Wildman–Crippen LogP) is 2.46. The van der Waals surface area contributed by atoms with Gasteiger partial charge in [-0.3, -0.25) is 9.59 Å². The molecular weight excluding hydrogens is 449 g/mol. The lowest BCUT2D eigenvalue weighted by Gasteiger charge is -2.07. The van der Waals surface area contributed by atoms with Crippen molar-refractivity contribution >= 4 is 27.9 Å². The van der Waals surface area contributed by atoms with E-state index in [0.717, 1.165) is 0 Å². The first-order valence-corrected chi connectivity index (χ1v) is 11.4. The van der Waals surface area contributed by atoms with Gasteiger partial charge in [0.05, 0.1) is 23.3 Å². The SMILES string of the molecule is O=C(/C=C/c1ccc(S(=O)(=O)NCc2ccco2)cc1)NCCNC(=O)c1ccccc1F. The van der Waals surface area contributed by atoms with Gasteiger partial charge in [-0.25, -0.2) is 17.5 Å². The van der Waals surface area contributed by atoms with Crippen LogP contribution < -0.4 is 15.4 Å². The van der Waals surface area contributed by atoms with Crippen LogP contribution >= 0.6 is 0 Å². The number of carbonyl (C=O) groups excluding carboxylic acids is 2. The van der Waals surface area contributed by atoms with Crippen LogP contribution in [0.5, 0.6) is 0 Å². The number of hydrogen-bond acceptors (Lipinski definition) is 5. The molecule has 0 bridgehead atoms. The molecule has 33 heavy (non-hydrogen) atoms. The molecule has 0 atom stereocenters. The molecule has 10 heteroatoms. The average molecular weight is 472 g/mol. The van der Waals surface area contributed by atoms with E-state index in [1.165, 1.54) is 48.7 Å². The fourth-order valence-corrected chi connectivity index (χ4v) is 3.75. The van der Waals surface area contributed by atoms with Crippen LogP contribution in [0, 0.1) is 5.82 Å². The number of halogens is 1. The van der Waals surface area contributed by atoms with E-state index in [9.17, 15) is 22.4 Å². The number of benzene rings is 2. The van der Waals surface area contributed by atoms with Crippen molar-refractivity contribution in [2.24, 2.45) is 0 Å². The zero-order valence-electron chi connectivity index (χ0n) is 17.5. The zero-order valence-corrected chi connectivity index (χ0v) is 18.3. The highest BCUT2D eigenvalue weighted by molar-refractivity contribution is 7.89. The van der Waals surface area contributed by atoms with Crippen molar-refractivity contribution in [2.75, 3.05) is 13.1 Å². The summed E-state index contributed by atoms with van der Waals surface area (Å²) >= 11 is 0. The quantitative estimate of drug-likeness (QED) is 0.310. The summed E-state index contributed by atoms with van der Waals surface area (Å²) in [5, 5.41) is 5.11. The normalized spacial score (nSPS) is 11.4. The van der Waals surface area contributed by atoms with Gasteiger partial charge in [-0.2, -0.15) is 0 Å². The first kappa shape index (κ1) is 23.9. The van der Waals surface area contributed by atoms with Crippen LogP contribution in [0.2, 0.25) is 0 Å². The van der Waals surface area contributed by atoms with Gasteiger partial charge in [0, 0.05) is 19.2 Å². The third-order valence-electron chi connectivity index (χ3n) is 4.46. The molecule has 1 heterocycles. The van der Waals surface area contributed by atoms with Gasteiger partial charge in [0.25, 0.3) is 5.91 Å². The maximum Gasteiger partial charge on any atom is 0.254 e. The lowest BCUT2D eigenvalue weighted by molar-refractivity contribution is -0.116. The Labute approximate surface area is 190 Å². The summed E-state index contributed by atoms with van der Waals surface area (Å²) in [6, 6.07) is 15.0. The number of hydrogen-bond donors (Lipinski definition) is 3. The smallest absolute Gasteiger partial charge is 0.254 e. The molecule has 0 radical (unpaired) electrons. The van der Waals surface area contributed by atoms with Crippen LogP contribution in [-0.2, 0) is 21.4 Å². The topological polar surface area (TPSA) is 118 Å². The summed E-state index contributed by atoms with van der Waals surface area (Å²) in [5.41, 5.74) is 0.563. The number of furan rings is 1. The summed E-state index contributed by atoms with van der Waals surface area (Å²) in [7, 11) is -3.70. The molecule has 3 aromatic rings. The molecule has 3 rings (SSSR count). The second kappa shape index (κ2) is 11.2. The highest BCUT2D eigenvalue weighted by Gasteiger charge is 2.14. The monoisotopic (exact) mass is 471 g/mol. The molecule has 1 aromatic heterocycles. The van der Waals surface area contributed by atoms with E-state index < -0.39 is 27.7 Å². The lowest BCUT2D eigenvalue weighted by Crippen LogP contribution is -2.34. The molecule has 0 aliphatic rings. The Morgan fingerprint density at radius 1 is 0.939 bits per heavy atom. The Morgan fingerprint density at radius 3 is 2.36 bits per heavy atom. The average Bonchev–Trinajstić information content (AvgIpc) is 3.33. The van der Waals surface area contributed by atoms with Crippen LogP contribution in [0.1, 0.15) is 21.7 Å². The molecule has 0 saturated heterocycles. The molecule has 0 unspecified atom stereocenters. The molecule has 2 amide bonds. The van der Waals surface area contributed by atoms with Crippen molar-refractivity contribution < 1.29 is 26.8 Å². The summed E-state index contributed by atoms with van der Waals surface area (Å²) in [4.78, 5) is 23.9. The van der Waals surface area contributed by atoms with Crippen molar-refractivity contribution in [3.05, 3.63) is 95.7 Å². The van der Waals surface area contributed by atoms with E-state index in [4.69, 9.17) is 4.42 Å². The number of nitrogens with one attached hydrogen (secondary N) is 3. The Kier molecular flexibility index (Phi) is 8.11. The largest absolute Gasteiger partial charge is 0.468 e. The van der Waals surface area contributed by atoms with E-state index in [-0.39, 0.29) is 30.1 Å². The lowest BCUT2D eigenvalue weighted by atomic mass is 10.2. The first-order valence-electron chi connectivity index (χ1n) is 9.96. The number of amides is 2. The highest BCUT2D eigenvalue weighted by Crippen LogP contribution is 2.12.